The van der Waals surface area contributed by atoms with E-state index >= 15 is 0 Å². The molecule has 2 atom stereocenters. The first kappa shape index (κ1) is 13.8. The van der Waals surface area contributed by atoms with Gasteiger partial charge in [-0.1, -0.05) is 13.8 Å². The van der Waals surface area contributed by atoms with Crippen LogP contribution < -0.4 is 5.32 Å². The van der Waals surface area contributed by atoms with Gasteiger partial charge in [-0.05, 0) is 48.9 Å². The Morgan fingerprint density at radius 3 is 2.75 bits per heavy atom. The fourth-order valence-corrected chi connectivity index (χ4v) is 2.59. The number of hydrogen-bond donors (Lipinski definition) is 1. The van der Waals surface area contributed by atoms with Gasteiger partial charge in [-0.15, -0.1) is 0 Å². The van der Waals surface area contributed by atoms with E-state index in [1.54, 1.807) is 6.33 Å². The first-order valence-electron chi connectivity index (χ1n) is 5.89. The molecule has 0 saturated heterocycles. The molecule has 2 unspecified atom stereocenters. The first-order valence-corrected chi connectivity index (χ1v) is 6.97. The lowest BCUT2D eigenvalue weighted by atomic mass is 9.94. The maximum Gasteiger partial charge on any atom is 0.115 e. The largest absolute Gasteiger partial charge is 0.314 e. The van der Waals surface area contributed by atoms with Crippen molar-refractivity contribution in [2.24, 2.45) is 0 Å². The Hall–Kier alpha value is -0.230. The van der Waals surface area contributed by atoms with Crippen molar-refractivity contribution >= 4 is 22.6 Å². The summed E-state index contributed by atoms with van der Waals surface area (Å²) in [6.45, 7) is 7.71. The quantitative estimate of drug-likeness (QED) is 0.814. The highest BCUT2D eigenvalue weighted by atomic mass is 127. The highest BCUT2D eigenvalue weighted by molar-refractivity contribution is 14.1. The molecule has 0 aliphatic carbocycles. The molecule has 16 heavy (non-hydrogen) atoms. The summed E-state index contributed by atoms with van der Waals surface area (Å²) >= 11 is 2.32. The molecule has 0 aliphatic heterocycles. The minimum absolute atomic E-state index is 0.466. The second kappa shape index (κ2) is 7.17. The van der Waals surface area contributed by atoms with Crippen LogP contribution in [0.5, 0.6) is 0 Å². The molecule has 0 radical (unpaired) electrons. The number of aromatic nitrogens is 2. The molecule has 4 heteroatoms. The first-order chi connectivity index (χ1) is 7.70. The average molecular weight is 333 g/mol. The van der Waals surface area contributed by atoms with E-state index in [9.17, 15) is 0 Å². The van der Waals surface area contributed by atoms with Crippen LogP contribution in [0.15, 0.2) is 12.5 Å². The van der Waals surface area contributed by atoms with Crippen molar-refractivity contribution in [1.29, 1.82) is 0 Å². The van der Waals surface area contributed by atoms with E-state index in [-0.39, 0.29) is 0 Å². The zero-order valence-electron chi connectivity index (χ0n) is 10.2. The third-order valence-corrected chi connectivity index (χ3v) is 3.64. The van der Waals surface area contributed by atoms with E-state index in [0.29, 0.717) is 12.0 Å². The summed E-state index contributed by atoms with van der Waals surface area (Å²) in [5, 5.41) is 3.55. The van der Waals surface area contributed by atoms with E-state index < -0.39 is 0 Å². The molecule has 0 aliphatic rings. The predicted octanol–water partition coefficient (Wildman–Crippen LogP) is 2.96. The molecule has 0 fully saturated rings. The molecule has 0 bridgehead atoms. The van der Waals surface area contributed by atoms with Crippen molar-refractivity contribution in [3.05, 3.63) is 21.8 Å². The lowest BCUT2D eigenvalue weighted by Gasteiger charge is -2.24. The molecule has 0 spiro atoms. The number of rotatable bonds is 6. The Morgan fingerprint density at radius 2 is 2.19 bits per heavy atom. The smallest absolute Gasteiger partial charge is 0.115 e. The van der Waals surface area contributed by atoms with Crippen molar-refractivity contribution in [1.82, 2.24) is 15.3 Å². The predicted molar refractivity (Wildman–Crippen MR) is 75.5 cm³/mol. The van der Waals surface area contributed by atoms with Gasteiger partial charge in [-0.2, -0.15) is 0 Å². The molecule has 1 N–H and O–H groups in total. The lowest BCUT2D eigenvalue weighted by molar-refractivity contribution is 0.441. The maximum absolute atomic E-state index is 4.42. The minimum atomic E-state index is 0.466. The van der Waals surface area contributed by atoms with Gasteiger partial charge in [-0.3, -0.25) is 0 Å². The van der Waals surface area contributed by atoms with E-state index in [1.807, 2.05) is 6.20 Å². The summed E-state index contributed by atoms with van der Waals surface area (Å²) in [5.41, 5.74) is 1.18. The SMILES string of the molecule is CCCNC(C)C(CC)c1ncncc1I. The van der Waals surface area contributed by atoms with Crippen LogP contribution >= 0.6 is 22.6 Å². The van der Waals surface area contributed by atoms with Crippen LogP contribution in [0.25, 0.3) is 0 Å². The number of nitrogens with one attached hydrogen (secondary N) is 1. The van der Waals surface area contributed by atoms with Crippen molar-refractivity contribution in [3.63, 3.8) is 0 Å². The molecular formula is C12H20IN3. The summed E-state index contributed by atoms with van der Waals surface area (Å²) < 4.78 is 1.16. The third kappa shape index (κ3) is 3.66. The Bertz CT molecular complexity index is 317. The molecule has 1 rings (SSSR count). The van der Waals surface area contributed by atoms with Crippen LogP contribution in [0.1, 0.15) is 45.2 Å². The highest BCUT2D eigenvalue weighted by Crippen LogP contribution is 2.25. The standard InChI is InChI=1S/C12H20IN3/c1-4-6-15-9(3)10(5-2)12-11(13)7-14-8-16-12/h7-10,15H,4-6H2,1-3H3. The molecule has 1 aromatic rings. The Kier molecular flexibility index (Phi) is 6.20. The second-order valence-electron chi connectivity index (χ2n) is 4.01. The van der Waals surface area contributed by atoms with Gasteiger partial charge in [0.15, 0.2) is 0 Å². The fraction of sp³-hybridized carbons (Fsp3) is 0.667. The molecule has 1 heterocycles. The summed E-state index contributed by atoms with van der Waals surface area (Å²) in [5.74, 6) is 0.474. The normalized spacial score (nSPS) is 14.8. The van der Waals surface area contributed by atoms with Gasteiger partial charge in [0.05, 0.1) is 9.26 Å². The summed E-state index contributed by atoms with van der Waals surface area (Å²) in [6.07, 6.45) is 5.80. The Balaban J connectivity index is 2.77. The van der Waals surface area contributed by atoms with Crippen molar-refractivity contribution in [2.75, 3.05) is 6.54 Å². The van der Waals surface area contributed by atoms with Crippen molar-refractivity contribution in [2.45, 2.75) is 45.6 Å². The van der Waals surface area contributed by atoms with Crippen LogP contribution in [-0.2, 0) is 0 Å². The van der Waals surface area contributed by atoms with Gasteiger partial charge in [0.1, 0.15) is 6.33 Å². The van der Waals surface area contributed by atoms with Gasteiger partial charge in [0, 0.05) is 18.2 Å². The fourth-order valence-electron chi connectivity index (χ4n) is 1.89. The number of nitrogens with zero attached hydrogens (tertiary/aromatic N) is 2. The van der Waals surface area contributed by atoms with Crippen LogP contribution in [-0.4, -0.2) is 22.6 Å². The van der Waals surface area contributed by atoms with Crippen LogP contribution in [0, 0.1) is 3.57 Å². The third-order valence-electron chi connectivity index (χ3n) is 2.81. The van der Waals surface area contributed by atoms with Gasteiger partial charge < -0.3 is 5.32 Å². The summed E-state index contributed by atoms with van der Waals surface area (Å²) in [6, 6.07) is 0.466. The van der Waals surface area contributed by atoms with Crippen molar-refractivity contribution in [3.8, 4) is 0 Å². The van der Waals surface area contributed by atoms with E-state index in [2.05, 4.69) is 58.6 Å². The topological polar surface area (TPSA) is 37.8 Å². The van der Waals surface area contributed by atoms with Gasteiger partial charge >= 0.3 is 0 Å². The van der Waals surface area contributed by atoms with E-state index in [4.69, 9.17) is 0 Å². The van der Waals surface area contributed by atoms with E-state index in [0.717, 1.165) is 16.5 Å². The zero-order valence-corrected chi connectivity index (χ0v) is 12.4. The molecular weight excluding hydrogens is 313 g/mol. The Labute approximate surface area is 112 Å². The number of hydrogen-bond acceptors (Lipinski definition) is 3. The lowest BCUT2D eigenvalue weighted by Crippen LogP contribution is -2.33. The second-order valence-corrected chi connectivity index (χ2v) is 5.18. The van der Waals surface area contributed by atoms with E-state index in [1.165, 1.54) is 12.1 Å². The van der Waals surface area contributed by atoms with Gasteiger partial charge in [0.2, 0.25) is 0 Å². The summed E-state index contributed by atoms with van der Waals surface area (Å²) in [7, 11) is 0. The average Bonchev–Trinajstić information content (AvgIpc) is 2.30. The maximum atomic E-state index is 4.42. The van der Waals surface area contributed by atoms with Crippen LogP contribution in [0.3, 0.4) is 0 Å². The zero-order chi connectivity index (χ0) is 12.0. The highest BCUT2D eigenvalue weighted by Gasteiger charge is 2.20. The molecule has 0 saturated carbocycles. The molecule has 90 valence electrons. The Morgan fingerprint density at radius 1 is 1.44 bits per heavy atom. The van der Waals surface area contributed by atoms with Crippen LogP contribution in [0.2, 0.25) is 0 Å². The molecule has 0 aromatic carbocycles. The molecule has 1 aromatic heterocycles. The molecule has 0 amide bonds. The van der Waals surface area contributed by atoms with Crippen molar-refractivity contribution < 1.29 is 0 Å². The summed E-state index contributed by atoms with van der Waals surface area (Å²) in [4.78, 5) is 8.46. The monoisotopic (exact) mass is 333 g/mol. The minimum Gasteiger partial charge on any atom is -0.314 e. The number of halogens is 1. The van der Waals surface area contributed by atoms with Gasteiger partial charge in [0.25, 0.3) is 0 Å². The van der Waals surface area contributed by atoms with Crippen LogP contribution in [0.4, 0.5) is 0 Å². The van der Waals surface area contributed by atoms with Gasteiger partial charge in [-0.25, -0.2) is 9.97 Å². The molecule has 3 nitrogen and oxygen atoms in total.